The molecule has 0 aliphatic heterocycles. The molecule has 1 aromatic carbocycles. The maximum atomic E-state index is 5.79. The Morgan fingerprint density at radius 2 is 2.00 bits per heavy atom. The van der Waals surface area contributed by atoms with Crippen molar-refractivity contribution < 1.29 is 4.74 Å². The highest BCUT2D eigenvalue weighted by Gasteiger charge is 2.11. The number of nitrogens with two attached hydrogens (primary N) is 1. The van der Waals surface area contributed by atoms with Crippen LogP contribution in [0.5, 0.6) is 5.75 Å². The SMILES string of the molecule is CCCCCN(Cc1ccc(OC)c(CN)c1)C(C)C. The first kappa shape index (κ1) is 17.0. The van der Waals surface area contributed by atoms with Crippen LogP contribution < -0.4 is 10.5 Å². The van der Waals surface area contributed by atoms with Gasteiger partial charge in [-0.2, -0.15) is 0 Å². The van der Waals surface area contributed by atoms with Crippen LogP contribution in [0, 0.1) is 0 Å². The number of unbranched alkanes of at least 4 members (excludes halogenated alkanes) is 2. The minimum atomic E-state index is 0.522. The van der Waals surface area contributed by atoms with Crippen LogP contribution >= 0.6 is 0 Å². The van der Waals surface area contributed by atoms with Gasteiger partial charge in [-0.25, -0.2) is 0 Å². The van der Waals surface area contributed by atoms with Gasteiger partial charge in [0.2, 0.25) is 0 Å². The Labute approximate surface area is 124 Å². The molecule has 3 nitrogen and oxygen atoms in total. The van der Waals surface area contributed by atoms with Crippen molar-refractivity contribution in [3.8, 4) is 5.75 Å². The zero-order chi connectivity index (χ0) is 15.0. The predicted molar refractivity (Wildman–Crippen MR) is 86.0 cm³/mol. The first-order valence-corrected chi connectivity index (χ1v) is 7.72. The highest BCUT2D eigenvalue weighted by atomic mass is 16.5. The number of methoxy groups -OCH3 is 1. The molecule has 0 unspecified atom stereocenters. The third-order valence-electron chi connectivity index (χ3n) is 3.73. The van der Waals surface area contributed by atoms with E-state index in [1.165, 1.54) is 24.8 Å². The van der Waals surface area contributed by atoms with Gasteiger partial charge in [-0.05, 0) is 44.5 Å². The van der Waals surface area contributed by atoms with Crippen LogP contribution in [0.3, 0.4) is 0 Å². The quantitative estimate of drug-likeness (QED) is 0.702. The third-order valence-corrected chi connectivity index (χ3v) is 3.73. The molecule has 0 atom stereocenters. The number of ether oxygens (including phenoxy) is 1. The molecular formula is C17H30N2O. The lowest BCUT2D eigenvalue weighted by Crippen LogP contribution is -2.31. The van der Waals surface area contributed by atoms with Crippen LogP contribution in [-0.2, 0) is 13.1 Å². The van der Waals surface area contributed by atoms with Gasteiger partial charge < -0.3 is 10.5 Å². The number of nitrogens with zero attached hydrogens (tertiary/aromatic N) is 1. The Balaban J connectivity index is 2.72. The number of benzene rings is 1. The zero-order valence-electron chi connectivity index (χ0n) is 13.5. The van der Waals surface area contributed by atoms with Gasteiger partial charge in [-0.1, -0.05) is 25.8 Å². The van der Waals surface area contributed by atoms with E-state index in [1.807, 2.05) is 6.07 Å². The topological polar surface area (TPSA) is 38.5 Å². The molecule has 0 saturated heterocycles. The van der Waals surface area contributed by atoms with E-state index in [2.05, 4.69) is 37.8 Å². The van der Waals surface area contributed by atoms with Gasteiger partial charge in [0.1, 0.15) is 5.75 Å². The van der Waals surface area contributed by atoms with Crippen molar-refractivity contribution in [3.05, 3.63) is 29.3 Å². The van der Waals surface area contributed by atoms with Gasteiger partial charge in [-0.15, -0.1) is 0 Å². The summed E-state index contributed by atoms with van der Waals surface area (Å²) in [5, 5.41) is 0. The molecule has 0 radical (unpaired) electrons. The van der Waals surface area contributed by atoms with Crippen molar-refractivity contribution in [1.82, 2.24) is 4.90 Å². The fourth-order valence-electron chi connectivity index (χ4n) is 2.41. The van der Waals surface area contributed by atoms with E-state index in [-0.39, 0.29) is 0 Å². The average molecular weight is 278 g/mol. The average Bonchev–Trinajstić information content (AvgIpc) is 2.46. The van der Waals surface area contributed by atoms with E-state index in [1.54, 1.807) is 7.11 Å². The molecule has 1 aromatic rings. The minimum Gasteiger partial charge on any atom is -0.496 e. The van der Waals surface area contributed by atoms with Gasteiger partial charge in [0.25, 0.3) is 0 Å². The second-order valence-electron chi connectivity index (χ2n) is 5.62. The largest absolute Gasteiger partial charge is 0.496 e. The van der Waals surface area contributed by atoms with Crippen LogP contribution in [0.25, 0.3) is 0 Å². The Morgan fingerprint density at radius 1 is 1.25 bits per heavy atom. The Bertz CT molecular complexity index is 391. The van der Waals surface area contributed by atoms with Crippen molar-refractivity contribution in [2.24, 2.45) is 5.73 Å². The number of hydrogen-bond acceptors (Lipinski definition) is 3. The molecule has 1 rings (SSSR count). The molecule has 20 heavy (non-hydrogen) atoms. The smallest absolute Gasteiger partial charge is 0.123 e. The lowest BCUT2D eigenvalue weighted by Gasteiger charge is -2.27. The Morgan fingerprint density at radius 3 is 2.55 bits per heavy atom. The summed E-state index contributed by atoms with van der Waals surface area (Å²) in [5.74, 6) is 0.887. The highest BCUT2D eigenvalue weighted by Crippen LogP contribution is 2.21. The predicted octanol–water partition coefficient (Wildman–Crippen LogP) is 3.55. The van der Waals surface area contributed by atoms with E-state index < -0.39 is 0 Å². The van der Waals surface area contributed by atoms with Crippen molar-refractivity contribution in [2.75, 3.05) is 13.7 Å². The molecule has 0 fully saturated rings. The summed E-state index contributed by atoms with van der Waals surface area (Å²) < 4.78 is 5.33. The van der Waals surface area contributed by atoms with Crippen molar-refractivity contribution >= 4 is 0 Å². The van der Waals surface area contributed by atoms with E-state index in [4.69, 9.17) is 10.5 Å². The van der Waals surface area contributed by atoms with Crippen LogP contribution in [-0.4, -0.2) is 24.6 Å². The first-order chi connectivity index (χ1) is 9.62. The third kappa shape index (κ3) is 5.14. The molecule has 114 valence electrons. The van der Waals surface area contributed by atoms with Crippen molar-refractivity contribution in [1.29, 1.82) is 0 Å². The van der Waals surface area contributed by atoms with Gasteiger partial charge in [0.05, 0.1) is 7.11 Å². The molecular weight excluding hydrogens is 248 g/mol. The summed E-state index contributed by atoms with van der Waals surface area (Å²) in [5.41, 5.74) is 8.19. The zero-order valence-corrected chi connectivity index (χ0v) is 13.5. The molecule has 0 aliphatic carbocycles. The normalized spacial score (nSPS) is 11.3. The maximum absolute atomic E-state index is 5.79. The lowest BCUT2D eigenvalue weighted by molar-refractivity contribution is 0.208. The molecule has 2 N–H and O–H groups in total. The summed E-state index contributed by atoms with van der Waals surface area (Å²) >= 11 is 0. The summed E-state index contributed by atoms with van der Waals surface area (Å²) in [7, 11) is 1.69. The van der Waals surface area contributed by atoms with Gasteiger partial charge >= 0.3 is 0 Å². The maximum Gasteiger partial charge on any atom is 0.123 e. The summed E-state index contributed by atoms with van der Waals surface area (Å²) in [6.45, 7) is 9.44. The summed E-state index contributed by atoms with van der Waals surface area (Å²) in [6.07, 6.45) is 3.85. The second kappa shape index (κ2) is 8.98. The molecule has 0 heterocycles. The van der Waals surface area contributed by atoms with Crippen LogP contribution in [0.4, 0.5) is 0 Å². The minimum absolute atomic E-state index is 0.522. The monoisotopic (exact) mass is 278 g/mol. The Hall–Kier alpha value is -1.06. The number of rotatable bonds is 9. The van der Waals surface area contributed by atoms with Gasteiger partial charge in [0, 0.05) is 24.7 Å². The first-order valence-electron chi connectivity index (χ1n) is 7.72. The fourth-order valence-corrected chi connectivity index (χ4v) is 2.41. The van der Waals surface area contributed by atoms with Gasteiger partial charge in [-0.3, -0.25) is 4.90 Å². The molecule has 0 saturated carbocycles. The van der Waals surface area contributed by atoms with E-state index in [0.717, 1.165) is 24.4 Å². The fraction of sp³-hybridized carbons (Fsp3) is 0.647. The van der Waals surface area contributed by atoms with Crippen LogP contribution in [0.1, 0.15) is 51.2 Å². The van der Waals surface area contributed by atoms with Gasteiger partial charge in [0.15, 0.2) is 0 Å². The molecule has 0 aliphatic rings. The lowest BCUT2D eigenvalue weighted by atomic mass is 10.1. The molecule has 0 aromatic heterocycles. The molecule has 0 bridgehead atoms. The molecule has 3 heteroatoms. The van der Waals surface area contributed by atoms with E-state index in [9.17, 15) is 0 Å². The summed E-state index contributed by atoms with van der Waals surface area (Å²) in [6, 6.07) is 6.92. The molecule has 0 spiro atoms. The van der Waals surface area contributed by atoms with Crippen LogP contribution in [0.15, 0.2) is 18.2 Å². The highest BCUT2D eigenvalue weighted by molar-refractivity contribution is 5.37. The number of hydrogen-bond donors (Lipinski definition) is 1. The van der Waals surface area contributed by atoms with Crippen molar-refractivity contribution in [2.45, 2.75) is 59.2 Å². The Kier molecular flexibility index (Phi) is 7.63. The van der Waals surface area contributed by atoms with Crippen LogP contribution in [0.2, 0.25) is 0 Å². The molecule has 0 amide bonds. The standard InChI is InChI=1S/C17H30N2O/c1-5-6-7-10-19(14(2)3)13-15-8-9-17(20-4)16(11-15)12-18/h8-9,11,14H,5-7,10,12-13,18H2,1-4H3. The van der Waals surface area contributed by atoms with Crippen molar-refractivity contribution in [3.63, 3.8) is 0 Å². The second-order valence-corrected chi connectivity index (χ2v) is 5.62. The van der Waals surface area contributed by atoms with E-state index in [0.29, 0.717) is 12.6 Å². The van der Waals surface area contributed by atoms with E-state index >= 15 is 0 Å². The summed E-state index contributed by atoms with van der Waals surface area (Å²) in [4.78, 5) is 2.53.